The van der Waals surface area contributed by atoms with E-state index in [4.69, 9.17) is 14.2 Å². The molecule has 6 heteroatoms. The first-order valence-electron chi connectivity index (χ1n) is 7.12. The number of hydrogen-bond acceptors (Lipinski definition) is 5. The van der Waals surface area contributed by atoms with Gasteiger partial charge in [0.2, 0.25) is 6.10 Å². The van der Waals surface area contributed by atoms with Gasteiger partial charge >= 0.3 is 0 Å². The molecule has 0 aliphatic carbocycles. The van der Waals surface area contributed by atoms with Gasteiger partial charge in [0, 0.05) is 26.7 Å². The third-order valence-electron chi connectivity index (χ3n) is 3.18. The van der Waals surface area contributed by atoms with Crippen LogP contribution in [-0.4, -0.2) is 51.5 Å². The Morgan fingerprint density at radius 2 is 1.90 bits per heavy atom. The Morgan fingerprint density at radius 1 is 1.19 bits per heavy atom. The largest absolute Gasteiger partial charge is 0.482 e. The molecule has 21 heavy (non-hydrogen) atoms. The van der Waals surface area contributed by atoms with Crippen molar-refractivity contribution < 1.29 is 19.0 Å². The topological polar surface area (TPSA) is 68.8 Å². The summed E-state index contributed by atoms with van der Waals surface area (Å²) < 4.78 is 16.4. The Balaban J connectivity index is 1.78. The van der Waals surface area contributed by atoms with Crippen molar-refractivity contribution in [1.82, 2.24) is 10.6 Å². The zero-order chi connectivity index (χ0) is 15.1. The molecular weight excluding hydrogens is 272 g/mol. The van der Waals surface area contributed by atoms with Crippen LogP contribution >= 0.6 is 0 Å². The van der Waals surface area contributed by atoms with Crippen molar-refractivity contribution in [3.05, 3.63) is 24.3 Å². The molecule has 0 saturated heterocycles. The number of rotatable bonds is 7. The normalized spacial score (nSPS) is 20.1. The lowest BCUT2D eigenvalue weighted by Gasteiger charge is -2.31. The number of carbonyl (C=O) groups is 1. The highest BCUT2D eigenvalue weighted by Gasteiger charge is 2.33. The maximum Gasteiger partial charge on any atom is 0.265 e. The first-order chi connectivity index (χ1) is 10.2. The molecule has 1 aliphatic heterocycles. The molecule has 0 saturated carbocycles. The number of benzene rings is 1. The summed E-state index contributed by atoms with van der Waals surface area (Å²) >= 11 is 0. The monoisotopic (exact) mass is 294 g/mol. The second-order valence-electron chi connectivity index (χ2n) is 4.84. The van der Waals surface area contributed by atoms with E-state index in [0.717, 1.165) is 6.54 Å². The van der Waals surface area contributed by atoms with Crippen molar-refractivity contribution in [3.8, 4) is 11.5 Å². The van der Waals surface area contributed by atoms with Gasteiger partial charge in [0.15, 0.2) is 11.5 Å². The van der Waals surface area contributed by atoms with Gasteiger partial charge in [-0.1, -0.05) is 12.1 Å². The zero-order valence-electron chi connectivity index (χ0n) is 12.4. The van der Waals surface area contributed by atoms with Crippen LogP contribution in [0.2, 0.25) is 0 Å². The third kappa shape index (κ3) is 4.34. The Bertz CT molecular complexity index is 467. The van der Waals surface area contributed by atoms with E-state index >= 15 is 0 Å². The number of para-hydroxylation sites is 2. The predicted octanol–water partition coefficient (Wildman–Crippen LogP) is 0.567. The summed E-state index contributed by atoms with van der Waals surface area (Å²) in [6.45, 7) is 4.47. The highest BCUT2D eigenvalue weighted by Crippen LogP contribution is 2.33. The van der Waals surface area contributed by atoms with Gasteiger partial charge in [-0.05, 0) is 19.1 Å². The number of amides is 1. The maximum atomic E-state index is 12.1. The van der Waals surface area contributed by atoms with Crippen LogP contribution in [0.4, 0.5) is 0 Å². The van der Waals surface area contributed by atoms with Crippen LogP contribution in [0.15, 0.2) is 24.3 Å². The molecule has 2 atom stereocenters. The van der Waals surface area contributed by atoms with E-state index in [-0.39, 0.29) is 12.0 Å². The fourth-order valence-corrected chi connectivity index (χ4v) is 2.08. The lowest BCUT2D eigenvalue weighted by atomic mass is 10.1. The number of carbonyl (C=O) groups excluding carboxylic acids is 1. The first-order valence-corrected chi connectivity index (χ1v) is 7.12. The average molecular weight is 294 g/mol. The summed E-state index contributed by atoms with van der Waals surface area (Å²) in [7, 11) is 1.66. The molecule has 1 aromatic rings. The van der Waals surface area contributed by atoms with Crippen LogP contribution in [0.25, 0.3) is 0 Å². The van der Waals surface area contributed by atoms with Crippen LogP contribution < -0.4 is 20.1 Å². The SMILES string of the molecule is COCCNCCNC(=O)C1Oc2ccccc2OC1C. The highest BCUT2D eigenvalue weighted by molar-refractivity contribution is 5.82. The lowest BCUT2D eigenvalue weighted by Crippen LogP contribution is -2.50. The van der Waals surface area contributed by atoms with Crippen LogP contribution in [-0.2, 0) is 9.53 Å². The molecular formula is C15H22N2O4. The van der Waals surface area contributed by atoms with Crippen molar-refractivity contribution in [2.45, 2.75) is 19.1 Å². The summed E-state index contributed by atoms with van der Waals surface area (Å²) in [5.74, 6) is 1.12. The molecule has 6 nitrogen and oxygen atoms in total. The fourth-order valence-electron chi connectivity index (χ4n) is 2.08. The van der Waals surface area contributed by atoms with Crippen molar-refractivity contribution in [2.75, 3.05) is 33.4 Å². The van der Waals surface area contributed by atoms with Crippen LogP contribution in [0, 0.1) is 0 Å². The van der Waals surface area contributed by atoms with Gasteiger partial charge in [-0.2, -0.15) is 0 Å². The molecule has 1 heterocycles. The van der Waals surface area contributed by atoms with Crippen molar-refractivity contribution in [1.29, 1.82) is 0 Å². The smallest absolute Gasteiger partial charge is 0.265 e. The van der Waals surface area contributed by atoms with E-state index in [1.54, 1.807) is 13.2 Å². The summed E-state index contributed by atoms with van der Waals surface area (Å²) in [4.78, 5) is 12.1. The molecule has 1 aliphatic rings. The van der Waals surface area contributed by atoms with Gasteiger partial charge in [-0.15, -0.1) is 0 Å². The van der Waals surface area contributed by atoms with Crippen LogP contribution in [0.3, 0.4) is 0 Å². The minimum atomic E-state index is -0.626. The third-order valence-corrected chi connectivity index (χ3v) is 3.18. The Morgan fingerprint density at radius 3 is 2.62 bits per heavy atom. The van der Waals surface area contributed by atoms with Gasteiger partial charge < -0.3 is 24.8 Å². The Hall–Kier alpha value is -1.79. The van der Waals surface area contributed by atoms with E-state index < -0.39 is 6.10 Å². The van der Waals surface area contributed by atoms with Gasteiger partial charge in [-0.3, -0.25) is 4.79 Å². The minimum Gasteiger partial charge on any atom is -0.482 e. The molecule has 0 bridgehead atoms. The van der Waals surface area contributed by atoms with Crippen LogP contribution in [0.1, 0.15) is 6.92 Å². The molecule has 116 valence electrons. The molecule has 1 amide bonds. The van der Waals surface area contributed by atoms with Gasteiger partial charge in [0.05, 0.1) is 6.61 Å². The fraction of sp³-hybridized carbons (Fsp3) is 0.533. The number of nitrogens with one attached hydrogen (secondary N) is 2. The first kappa shape index (κ1) is 15.6. The van der Waals surface area contributed by atoms with Crippen molar-refractivity contribution >= 4 is 5.91 Å². The molecule has 0 aromatic heterocycles. The van der Waals surface area contributed by atoms with Gasteiger partial charge in [0.1, 0.15) is 6.10 Å². The molecule has 0 spiro atoms. The molecule has 2 N–H and O–H groups in total. The quantitative estimate of drug-likeness (QED) is 0.720. The Labute approximate surface area is 124 Å². The zero-order valence-corrected chi connectivity index (χ0v) is 12.4. The summed E-state index contributed by atoms with van der Waals surface area (Å²) in [5, 5.41) is 6.00. The summed E-state index contributed by atoms with van der Waals surface area (Å²) in [6, 6.07) is 7.36. The van der Waals surface area contributed by atoms with Crippen molar-refractivity contribution in [2.24, 2.45) is 0 Å². The van der Waals surface area contributed by atoms with Crippen molar-refractivity contribution in [3.63, 3.8) is 0 Å². The number of fused-ring (bicyclic) bond motifs is 1. The molecule has 0 radical (unpaired) electrons. The van der Waals surface area contributed by atoms with E-state index in [0.29, 0.717) is 31.2 Å². The standard InChI is InChI=1S/C15H22N2O4/c1-11-14(15(18)17-8-7-16-9-10-19-2)21-13-6-4-3-5-12(13)20-11/h3-6,11,14,16H,7-10H2,1-2H3,(H,17,18). The Kier molecular flexibility index (Phi) is 5.83. The van der Waals surface area contributed by atoms with E-state index in [1.165, 1.54) is 0 Å². The average Bonchev–Trinajstić information content (AvgIpc) is 2.49. The second-order valence-corrected chi connectivity index (χ2v) is 4.84. The van der Waals surface area contributed by atoms with Crippen LogP contribution in [0.5, 0.6) is 11.5 Å². The number of ether oxygens (including phenoxy) is 3. The van der Waals surface area contributed by atoms with E-state index in [1.807, 2.05) is 25.1 Å². The minimum absolute atomic E-state index is 0.162. The molecule has 2 unspecified atom stereocenters. The van der Waals surface area contributed by atoms with Gasteiger partial charge in [0.25, 0.3) is 5.91 Å². The predicted molar refractivity (Wildman–Crippen MR) is 78.7 cm³/mol. The maximum absolute atomic E-state index is 12.1. The lowest BCUT2D eigenvalue weighted by molar-refractivity contribution is -0.133. The number of methoxy groups -OCH3 is 1. The highest BCUT2D eigenvalue weighted by atomic mass is 16.6. The summed E-state index contributed by atoms with van der Waals surface area (Å²) in [5.41, 5.74) is 0. The second kappa shape index (κ2) is 7.85. The van der Waals surface area contributed by atoms with E-state index in [2.05, 4.69) is 10.6 Å². The molecule has 2 rings (SSSR count). The summed E-state index contributed by atoms with van der Waals surface area (Å²) in [6.07, 6.45) is -0.944. The molecule has 1 aromatic carbocycles. The van der Waals surface area contributed by atoms with E-state index in [9.17, 15) is 4.79 Å². The van der Waals surface area contributed by atoms with Gasteiger partial charge in [-0.25, -0.2) is 0 Å². The number of hydrogen-bond donors (Lipinski definition) is 2. The molecule has 0 fully saturated rings.